The first-order valence-corrected chi connectivity index (χ1v) is 10.1. The second-order valence-electron chi connectivity index (χ2n) is 7.87. The minimum Gasteiger partial charge on any atom is -0.345 e. The van der Waals surface area contributed by atoms with Crippen LogP contribution in [0.25, 0.3) is 0 Å². The Kier molecular flexibility index (Phi) is 6.12. The van der Waals surface area contributed by atoms with Crippen LogP contribution in [0.1, 0.15) is 83.6 Å². The van der Waals surface area contributed by atoms with Crippen LogP contribution in [0.4, 0.5) is 0 Å². The molecule has 1 aliphatic carbocycles. The van der Waals surface area contributed by atoms with Crippen molar-refractivity contribution in [3.63, 3.8) is 0 Å². The van der Waals surface area contributed by atoms with E-state index in [4.69, 9.17) is 0 Å². The maximum atomic E-state index is 12.9. The molecule has 2 N–H and O–H groups in total. The minimum atomic E-state index is -0.446. The van der Waals surface area contributed by atoms with Crippen molar-refractivity contribution in [3.8, 4) is 0 Å². The fourth-order valence-corrected chi connectivity index (χ4v) is 3.78. The van der Waals surface area contributed by atoms with E-state index in [1.807, 2.05) is 26.0 Å². The molecular weight excluding hydrogens is 352 g/mol. The average Bonchev–Trinajstić information content (AvgIpc) is 2.66. The van der Waals surface area contributed by atoms with Crippen LogP contribution in [0, 0.1) is 5.92 Å². The van der Waals surface area contributed by atoms with E-state index in [1.165, 1.54) is 11.6 Å². The number of hydrogen-bond donors (Lipinski definition) is 2. The predicted octanol–water partition coefficient (Wildman–Crippen LogP) is 3.97. The fraction of sp³-hybridized carbons (Fsp3) is 0.435. The Labute approximate surface area is 165 Å². The Bertz CT molecular complexity index is 926. The van der Waals surface area contributed by atoms with Gasteiger partial charge in [-0.3, -0.25) is 14.4 Å². The molecule has 0 saturated heterocycles. The lowest BCUT2D eigenvalue weighted by atomic mass is 9.92. The molecule has 0 aliphatic heterocycles. The number of aryl methyl sites for hydroxylation is 2. The van der Waals surface area contributed by atoms with E-state index in [9.17, 15) is 14.4 Å². The molecule has 5 nitrogen and oxygen atoms in total. The van der Waals surface area contributed by atoms with E-state index in [2.05, 4.69) is 29.4 Å². The number of aromatic nitrogens is 1. The zero-order valence-corrected chi connectivity index (χ0v) is 16.8. The van der Waals surface area contributed by atoms with Crippen LogP contribution in [0.2, 0.25) is 0 Å². The van der Waals surface area contributed by atoms with Crippen molar-refractivity contribution in [1.29, 1.82) is 0 Å². The molecule has 1 aromatic carbocycles. The number of Topliss-reactive ketones (excluding diaryl/α,β-unsaturated/α-hetero) is 1. The van der Waals surface area contributed by atoms with Crippen molar-refractivity contribution in [2.24, 2.45) is 5.92 Å². The van der Waals surface area contributed by atoms with Crippen molar-refractivity contribution in [2.45, 2.75) is 58.9 Å². The van der Waals surface area contributed by atoms with Gasteiger partial charge in [-0.05, 0) is 42.4 Å². The monoisotopic (exact) mass is 380 g/mol. The van der Waals surface area contributed by atoms with Gasteiger partial charge in [0.1, 0.15) is 5.56 Å². The summed E-state index contributed by atoms with van der Waals surface area (Å²) >= 11 is 0. The summed E-state index contributed by atoms with van der Waals surface area (Å²) in [6, 6.07) is 9.50. The number of pyridine rings is 1. The van der Waals surface area contributed by atoms with Crippen molar-refractivity contribution in [2.75, 3.05) is 0 Å². The molecule has 1 heterocycles. The standard InChI is InChI=1S/C23H28N2O3/c1-4-6-15-9-11-16(12-10-15)21(14(2)3)25-23(28)18-13-17-19(24-22(18)27)7-5-8-20(17)26/h9-14,21H,4-8H2,1-3H3,(H,24,27)(H,25,28)/t21-/m1/s1. The highest BCUT2D eigenvalue weighted by molar-refractivity contribution is 6.01. The molecule has 0 unspecified atom stereocenters. The highest BCUT2D eigenvalue weighted by Crippen LogP contribution is 2.24. The van der Waals surface area contributed by atoms with Crippen LogP contribution in [-0.2, 0) is 12.8 Å². The number of H-pyrrole nitrogens is 1. The molecule has 0 bridgehead atoms. The number of carbonyl (C=O) groups excluding carboxylic acids is 2. The zero-order chi connectivity index (χ0) is 20.3. The highest BCUT2D eigenvalue weighted by Gasteiger charge is 2.24. The van der Waals surface area contributed by atoms with Crippen molar-refractivity contribution in [1.82, 2.24) is 10.3 Å². The zero-order valence-electron chi connectivity index (χ0n) is 16.8. The van der Waals surface area contributed by atoms with Gasteiger partial charge in [-0.2, -0.15) is 0 Å². The van der Waals surface area contributed by atoms with Crippen LogP contribution in [-0.4, -0.2) is 16.7 Å². The largest absolute Gasteiger partial charge is 0.345 e. The number of carbonyl (C=O) groups is 2. The molecule has 5 heteroatoms. The van der Waals surface area contributed by atoms with E-state index >= 15 is 0 Å². The van der Waals surface area contributed by atoms with Gasteiger partial charge >= 0.3 is 0 Å². The second kappa shape index (κ2) is 8.55. The number of benzene rings is 1. The average molecular weight is 380 g/mol. The van der Waals surface area contributed by atoms with Crippen LogP contribution >= 0.6 is 0 Å². The van der Waals surface area contributed by atoms with Gasteiger partial charge in [0.25, 0.3) is 11.5 Å². The first-order chi connectivity index (χ1) is 13.4. The molecule has 1 amide bonds. The van der Waals surface area contributed by atoms with Gasteiger partial charge in [0, 0.05) is 17.7 Å². The predicted molar refractivity (Wildman–Crippen MR) is 110 cm³/mol. The Morgan fingerprint density at radius 2 is 1.86 bits per heavy atom. The van der Waals surface area contributed by atoms with Crippen LogP contribution in [0.5, 0.6) is 0 Å². The normalized spacial score (nSPS) is 14.6. The summed E-state index contributed by atoms with van der Waals surface area (Å²) in [5.41, 5.74) is 2.96. The highest BCUT2D eigenvalue weighted by atomic mass is 16.2. The number of ketones is 1. The lowest BCUT2D eigenvalue weighted by Crippen LogP contribution is -2.36. The van der Waals surface area contributed by atoms with E-state index in [1.54, 1.807) is 0 Å². The fourth-order valence-electron chi connectivity index (χ4n) is 3.78. The van der Waals surface area contributed by atoms with Crippen molar-refractivity contribution < 1.29 is 9.59 Å². The van der Waals surface area contributed by atoms with Crippen molar-refractivity contribution >= 4 is 11.7 Å². The summed E-state index contributed by atoms with van der Waals surface area (Å²) in [5.74, 6) is -0.309. The summed E-state index contributed by atoms with van der Waals surface area (Å²) < 4.78 is 0. The van der Waals surface area contributed by atoms with Gasteiger partial charge in [-0.1, -0.05) is 51.5 Å². The molecule has 2 aromatic rings. The van der Waals surface area contributed by atoms with Crippen LogP contribution in [0.15, 0.2) is 35.1 Å². The molecule has 0 spiro atoms. The number of hydrogen-bond acceptors (Lipinski definition) is 3. The Morgan fingerprint density at radius 3 is 2.50 bits per heavy atom. The van der Waals surface area contributed by atoms with Gasteiger partial charge in [-0.15, -0.1) is 0 Å². The third kappa shape index (κ3) is 4.24. The molecule has 1 aromatic heterocycles. The smallest absolute Gasteiger partial charge is 0.261 e. The molecule has 0 radical (unpaired) electrons. The topological polar surface area (TPSA) is 79.0 Å². The van der Waals surface area contributed by atoms with Gasteiger partial charge in [-0.25, -0.2) is 0 Å². The number of fused-ring (bicyclic) bond motifs is 1. The minimum absolute atomic E-state index is 0.00209. The maximum Gasteiger partial charge on any atom is 0.261 e. The van der Waals surface area contributed by atoms with E-state index in [-0.39, 0.29) is 23.3 Å². The SMILES string of the molecule is CCCc1ccc([C@H](NC(=O)c2cc3c([nH]c2=O)CCCC3=O)C(C)C)cc1. The number of nitrogens with one attached hydrogen (secondary N) is 2. The molecule has 3 rings (SSSR count). The maximum absolute atomic E-state index is 12.9. The Balaban J connectivity index is 1.86. The summed E-state index contributed by atoms with van der Waals surface area (Å²) in [4.78, 5) is 40.2. The summed E-state index contributed by atoms with van der Waals surface area (Å²) in [5, 5.41) is 2.99. The molecule has 1 atom stereocenters. The van der Waals surface area contributed by atoms with Gasteiger partial charge in [0.15, 0.2) is 5.78 Å². The third-order valence-electron chi connectivity index (χ3n) is 5.33. The number of aromatic amines is 1. The summed E-state index contributed by atoms with van der Waals surface area (Å²) in [6.45, 7) is 6.21. The van der Waals surface area contributed by atoms with Gasteiger partial charge < -0.3 is 10.3 Å². The Morgan fingerprint density at radius 1 is 1.14 bits per heavy atom. The first kappa shape index (κ1) is 20.1. The van der Waals surface area contributed by atoms with E-state index in [0.29, 0.717) is 24.1 Å². The third-order valence-corrected chi connectivity index (χ3v) is 5.33. The number of rotatable bonds is 6. The van der Waals surface area contributed by atoms with Crippen LogP contribution in [0.3, 0.4) is 0 Å². The molecule has 0 fully saturated rings. The number of amides is 1. The lowest BCUT2D eigenvalue weighted by Gasteiger charge is -2.23. The molecule has 1 aliphatic rings. The van der Waals surface area contributed by atoms with Gasteiger partial charge in [0.05, 0.1) is 6.04 Å². The van der Waals surface area contributed by atoms with Crippen LogP contribution < -0.4 is 10.9 Å². The van der Waals surface area contributed by atoms with Gasteiger partial charge in [0.2, 0.25) is 0 Å². The summed E-state index contributed by atoms with van der Waals surface area (Å²) in [6.07, 6.45) is 3.97. The first-order valence-electron chi connectivity index (χ1n) is 10.1. The van der Waals surface area contributed by atoms with E-state index < -0.39 is 11.5 Å². The van der Waals surface area contributed by atoms with Crippen molar-refractivity contribution in [3.05, 3.63) is 68.6 Å². The molecule has 0 saturated carbocycles. The molecule has 28 heavy (non-hydrogen) atoms. The molecule has 148 valence electrons. The Hall–Kier alpha value is -2.69. The second-order valence-corrected chi connectivity index (χ2v) is 7.87. The lowest BCUT2D eigenvalue weighted by molar-refractivity contribution is 0.0924. The molecular formula is C23H28N2O3. The summed E-state index contributed by atoms with van der Waals surface area (Å²) in [7, 11) is 0. The quantitative estimate of drug-likeness (QED) is 0.796. The van der Waals surface area contributed by atoms with E-state index in [0.717, 1.165) is 24.8 Å².